The quantitative estimate of drug-likeness (QED) is 0.697. The van der Waals surface area contributed by atoms with E-state index in [0.717, 1.165) is 20.9 Å². The second-order valence-electron chi connectivity index (χ2n) is 3.56. The number of thioether (sulfide) groups is 1. The molecule has 0 atom stereocenters. The highest BCUT2D eigenvalue weighted by molar-refractivity contribution is 9.10. The van der Waals surface area contributed by atoms with Gasteiger partial charge in [-0.05, 0) is 28.4 Å². The molecule has 0 aliphatic rings. The van der Waals surface area contributed by atoms with E-state index in [9.17, 15) is 0 Å². The van der Waals surface area contributed by atoms with Crippen molar-refractivity contribution < 1.29 is 0 Å². The van der Waals surface area contributed by atoms with Crippen molar-refractivity contribution in [3.63, 3.8) is 0 Å². The Bertz CT molecular complexity index is 517. The normalized spacial score (nSPS) is 10.5. The summed E-state index contributed by atoms with van der Waals surface area (Å²) in [4.78, 5) is 8.33. The summed E-state index contributed by atoms with van der Waals surface area (Å²) in [6.07, 6.45) is 0. The summed E-state index contributed by atoms with van der Waals surface area (Å²) < 4.78 is 0.924. The molecule has 1 aromatic carbocycles. The molecule has 0 bridgehead atoms. The van der Waals surface area contributed by atoms with Crippen molar-refractivity contribution in [1.82, 2.24) is 9.97 Å². The van der Waals surface area contributed by atoms with E-state index >= 15 is 0 Å². The molecule has 0 amide bonds. The van der Waals surface area contributed by atoms with Crippen molar-refractivity contribution in [3.8, 4) is 0 Å². The first kappa shape index (κ1) is 12.4. The maximum atomic E-state index is 5.64. The van der Waals surface area contributed by atoms with Crippen LogP contribution in [0.5, 0.6) is 0 Å². The lowest BCUT2D eigenvalue weighted by Gasteiger charge is -2.06. The van der Waals surface area contributed by atoms with E-state index in [0.29, 0.717) is 5.95 Å². The number of hydrogen-bond donors (Lipinski definition) is 1. The van der Waals surface area contributed by atoms with Gasteiger partial charge in [-0.3, -0.25) is 0 Å². The van der Waals surface area contributed by atoms with Crippen molar-refractivity contribution in [3.05, 3.63) is 46.1 Å². The molecule has 0 fully saturated rings. The molecule has 2 rings (SSSR count). The molecule has 0 saturated carbocycles. The summed E-state index contributed by atoms with van der Waals surface area (Å²) in [5.74, 6) is 1.19. The van der Waals surface area contributed by atoms with Gasteiger partial charge in [0.1, 0.15) is 5.03 Å². The molecule has 1 heterocycles. The van der Waals surface area contributed by atoms with Crippen LogP contribution in [0.3, 0.4) is 0 Å². The van der Waals surface area contributed by atoms with Crippen LogP contribution >= 0.6 is 27.7 Å². The first-order valence-corrected chi connectivity index (χ1v) is 6.91. The summed E-state index contributed by atoms with van der Waals surface area (Å²) in [5, 5.41) is 0.888. The van der Waals surface area contributed by atoms with Gasteiger partial charge in [0.15, 0.2) is 0 Å². The number of benzene rings is 1. The number of halogens is 1. The summed E-state index contributed by atoms with van der Waals surface area (Å²) in [7, 11) is 0. The average Bonchev–Trinajstić information content (AvgIpc) is 2.33. The third-order valence-electron chi connectivity index (χ3n) is 2.22. The SMILES string of the molecule is Cc1nc(N)nc(SCc2ccccc2)c1Br. The van der Waals surface area contributed by atoms with E-state index in [4.69, 9.17) is 5.73 Å². The van der Waals surface area contributed by atoms with E-state index in [-0.39, 0.29) is 0 Å². The van der Waals surface area contributed by atoms with Crippen molar-refractivity contribution in [2.75, 3.05) is 5.73 Å². The van der Waals surface area contributed by atoms with Gasteiger partial charge >= 0.3 is 0 Å². The molecule has 2 aromatic rings. The fourth-order valence-corrected chi connectivity index (χ4v) is 2.82. The Balaban J connectivity index is 2.14. The highest BCUT2D eigenvalue weighted by Crippen LogP contribution is 2.30. The third-order valence-corrected chi connectivity index (χ3v) is 4.48. The van der Waals surface area contributed by atoms with Crippen molar-refractivity contribution in [2.45, 2.75) is 17.7 Å². The maximum absolute atomic E-state index is 5.64. The number of rotatable bonds is 3. The number of nitrogens with zero attached hydrogens (tertiary/aromatic N) is 2. The third kappa shape index (κ3) is 3.20. The lowest BCUT2D eigenvalue weighted by Crippen LogP contribution is -1.99. The van der Waals surface area contributed by atoms with Gasteiger partial charge in [0.2, 0.25) is 5.95 Å². The molecule has 88 valence electrons. The van der Waals surface area contributed by atoms with Crippen LogP contribution in [0, 0.1) is 6.92 Å². The van der Waals surface area contributed by atoms with Crippen LogP contribution in [0.15, 0.2) is 39.8 Å². The molecular formula is C12H12BrN3S. The molecule has 0 aliphatic heterocycles. The Morgan fingerprint density at radius 3 is 2.65 bits per heavy atom. The van der Waals surface area contributed by atoms with Crippen LogP contribution in [0.2, 0.25) is 0 Å². The zero-order chi connectivity index (χ0) is 12.3. The maximum Gasteiger partial charge on any atom is 0.221 e. The Kier molecular flexibility index (Phi) is 4.02. The largest absolute Gasteiger partial charge is 0.368 e. The van der Waals surface area contributed by atoms with Crippen LogP contribution in [-0.4, -0.2) is 9.97 Å². The highest BCUT2D eigenvalue weighted by atomic mass is 79.9. The van der Waals surface area contributed by atoms with Gasteiger partial charge in [-0.15, -0.1) is 11.8 Å². The monoisotopic (exact) mass is 309 g/mol. The predicted octanol–water partition coefficient (Wildman–Crippen LogP) is 3.42. The summed E-state index contributed by atoms with van der Waals surface area (Å²) in [6.45, 7) is 1.91. The molecular weight excluding hydrogens is 298 g/mol. The van der Waals surface area contributed by atoms with Gasteiger partial charge in [0, 0.05) is 5.75 Å². The van der Waals surface area contributed by atoms with E-state index < -0.39 is 0 Å². The van der Waals surface area contributed by atoms with E-state index in [1.165, 1.54) is 5.56 Å². The van der Waals surface area contributed by atoms with Crippen LogP contribution in [0.25, 0.3) is 0 Å². The number of aryl methyl sites for hydroxylation is 1. The number of hydrogen-bond acceptors (Lipinski definition) is 4. The molecule has 3 nitrogen and oxygen atoms in total. The molecule has 2 N–H and O–H groups in total. The smallest absolute Gasteiger partial charge is 0.221 e. The predicted molar refractivity (Wildman–Crippen MR) is 74.9 cm³/mol. The lowest BCUT2D eigenvalue weighted by molar-refractivity contribution is 1.000. The van der Waals surface area contributed by atoms with Crippen molar-refractivity contribution >= 4 is 33.6 Å². The summed E-state index contributed by atoms with van der Waals surface area (Å²) in [6, 6.07) is 10.3. The number of anilines is 1. The number of nitrogens with two attached hydrogens (primary N) is 1. The minimum Gasteiger partial charge on any atom is -0.368 e. The number of nitrogen functional groups attached to an aromatic ring is 1. The minimum absolute atomic E-state index is 0.321. The average molecular weight is 310 g/mol. The first-order chi connectivity index (χ1) is 8.16. The minimum atomic E-state index is 0.321. The molecule has 1 aromatic heterocycles. The Labute approximate surface area is 113 Å². The Hall–Kier alpha value is -1.07. The summed E-state index contributed by atoms with van der Waals surface area (Å²) >= 11 is 5.14. The van der Waals surface area contributed by atoms with Gasteiger partial charge in [0.25, 0.3) is 0 Å². The zero-order valence-corrected chi connectivity index (χ0v) is 11.8. The van der Waals surface area contributed by atoms with Gasteiger partial charge < -0.3 is 5.73 Å². The first-order valence-electron chi connectivity index (χ1n) is 5.13. The Morgan fingerprint density at radius 1 is 1.24 bits per heavy atom. The fraction of sp³-hybridized carbons (Fsp3) is 0.167. The topological polar surface area (TPSA) is 51.8 Å². The van der Waals surface area contributed by atoms with E-state index in [1.807, 2.05) is 25.1 Å². The number of aromatic nitrogens is 2. The molecule has 0 saturated heterocycles. The highest BCUT2D eigenvalue weighted by Gasteiger charge is 2.08. The van der Waals surface area contributed by atoms with Crippen LogP contribution in [0.1, 0.15) is 11.3 Å². The standard InChI is InChI=1S/C12H12BrN3S/c1-8-10(13)11(16-12(14)15-8)17-7-9-5-3-2-4-6-9/h2-6H,7H2,1H3,(H2,14,15,16). The van der Waals surface area contributed by atoms with Gasteiger partial charge in [-0.25, -0.2) is 9.97 Å². The molecule has 17 heavy (non-hydrogen) atoms. The van der Waals surface area contributed by atoms with Crippen LogP contribution < -0.4 is 5.73 Å². The van der Waals surface area contributed by atoms with E-state index in [1.54, 1.807) is 11.8 Å². The fourth-order valence-electron chi connectivity index (χ4n) is 1.38. The Morgan fingerprint density at radius 2 is 1.94 bits per heavy atom. The van der Waals surface area contributed by atoms with Crippen molar-refractivity contribution in [2.24, 2.45) is 0 Å². The van der Waals surface area contributed by atoms with Crippen LogP contribution in [0.4, 0.5) is 5.95 Å². The lowest BCUT2D eigenvalue weighted by atomic mass is 10.2. The van der Waals surface area contributed by atoms with Gasteiger partial charge in [0.05, 0.1) is 10.2 Å². The van der Waals surface area contributed by atoms with E-state index in [2.05, 4.69) is 38.0 Å². The van der Waals surface area contributed by atoms with Gasteiger partial charge in [-0.1, -0.05) is 30.3 Å². The van der Waals surface area contributed by atoms with Crippen LogP contribution in [-0.2, 0) is 5.75 Å². The second kappa shape index (κ2) is 5.51. The van der Waals surface area contributed by atoms with Crippen molar-refractivity contribution in [1.29, 1.82) is 0 Å². The second-order valence-corrected chi connectivity index (χ2v) is 5.32. The molecule has 0 radical (unpaired) electrons. The molecule has 0 aliphatic carbocycles. The zero-order valence-electron chi connectivity index (χ0n) is 9.35. The molecule has 0 spiro atoms. The van der Waals surface area contributed by atoms with Gasteiger partial charge in [-0.2, -0.15) is 0 Å². The summed E-state index contributed by atoms with van der Waals surface area (Å²) in [5.41, 5.74) is 7.77. The molecule has 5 heteroatoms. The molecule has 0 unspecified atom stereocenters.